The molecule has 7 heteroatoms. The Morgan fingerprint density at radius 3 is 2.65 bits per heavy atom. The molecule has 0 radical (unpaired) electrons. The van der Waals surface area contributed by atoms with Gasteiger partial charge in [0.15, 0.2) is 0 Å². The molecule has 1 unspecified atom stereocenters. The molecule has 1 aromatic heterocycles. The smallest absolute Gasteiger partial charge is 0.251 e. The van der Waals surface area contributed by atoms with Crippen LogP contribution in [0.3, 0.4) is 0 Å². The van der Waals surface area contributed by atoms with Gasteiger partial charge < -0.3 is 14.5 Å². The maximum absolute atomic E-state index is 12.3. The van der Waals surface area contributed by atoms with Gasteiger partial charge >= 0.3 is 0 Å². The molecule has 3 rings (SSSR count). The molecule has 6 nitrogen and oxygen atoms in total. The minimum Gasteiger partial charge on any atom is -0.368 e. The van der Waals surface area contributed by atoms with Crippen LogP contribution in [0.15, 0.2) is 5.51 Å². The van der Waals surface area contributed by atoms with E-state index in [1.807, 2.05) is 22.2 Å². The second-order valence-electron chi connectivity index (χ2n) is 6.07. The highest BCUT2D eigenvalue weighted by atomic mass is 32.1. The molecule has 1 aromatic rings. The van der Waals surface area contributed by atoms with E-state index in [1.165, 1.54) is 4.88 Å². The van der Waals surface area contributed by atoms with Crippen molar-refractivity contribution in [2.75, 3.05) is 32.8 Å². The van der Waals surface area contributed by atoms with Crippen LogP contribution in [-0.2, 0) is 20.7 Å². The standard InChI is InChI=1S/C16H23N3O3S/c1-12-14(23-11-17-12)4-5-15(20)18-6-8-19(9-7-18)16(21)13-3-2-10-22-13/h11,13H,2-10H2,1H3. The second kappa shape index (κ2) is 7.40. The van der Waals surface area contributed by atoms with Gasteiger partial charge in [0, 0.05) is 44.1 Å². The van der Waals surface area contributed by atoms with Crippen LogP contribution in [-0.4, -0.2) is 65.5 Å². The molecule has 3 heterocycles. The Labute approximate surface area is 140 Å². The van der Waals surface area contributed by atoms with Crippen molar-refractivity contribution in [3.05, 3.63) is 16.1 Å². The molecule has 2 saturated heterocycles. The van der Waals surface area contributed by atoms with Crippen LogP contribution in [0.2, 0.25) is 0 Å². The Balaban J connectivity index is 1.44. The summed E-state index contributed by atoms with van der Waals surface area (Å²) in [4.78, 5) is 33.7. The van der Waals surface area contributed by atoms with Crippen molar-refractivity contribution in [3.8, 4) is 0 Å². The van der Waals surface area contributed by atoms with E-state index < -0.39 is 0 Å². The normalized spacial score (nSPS) is 21.7. The summed E-state index contributed by atoms with van der Waals surface area (Å²) in [5, 5.41) is 0. The van der Waals surface area contributed by atoms with Gasteiger partial charge in [-0.15, -0.1) is 11.3 Å². The molecule has 2 amide bonds. The Morgan fingerprint density at radius 1 is 1.30 bits per heavy atom. The molecule has 0 N–H and O–H groups in total. The van der Waals surface area contributed by atoms with Crippen molar-refractivity contribution in [2.45, 2.75) is 38.7 Å². The fourth-order valence-electron chi connectivity index (χ4n) is 3.10. The van der Waals surface area contributed by atoms with Crippen molar-refractivity contribution >= 4 is 23.2 Å². The summed E-state index contributed by atoms with van der Waals surface area (Å²) >= 11 is 1.61. The number of carbonyl (C=O) groups is 2. The SMILES string of the molecule is Cc1ncsc1CCC(=O)N1CCN(C(=O)C2CCCO2)CC1. The molecule has 0 saturated carbocycles. The summed E-state index contributed by atoms with van der Waals surface area (Å²) in [6, 6.07) is 0. The minimum atomic E-state index is -0.258. The van der Waals surface area contributed by atoms with Crippen LogP contribution in [0.5, 0.6) is 0 Å². The van der Waals surface area contributed by atoms with Gasteiger partial charge in [0.2, 0.25) is 5.91 Å². The predicted molar refractivity (Wildman–Crippen MR) is 87.3 cm³/mol. The molecule has 2 fully saturated rings. The molecular formula is C16H23N3O3S. The van der Waals surface area contributed by atoms with Crippen molar-refractivity contribution in [1.29, 1.82) is 0 Å². The second-order valence-corrected chi connectivity index (χ2v) is 7.01. The van der Waals surface area contributed by atoms with Crippen LogP contribution in [0.25, 0.3) is 0 Å². The van der Waals surface area contributed by atoms with E-state index >= 15 is 0 Å². The van der Waals surface area contributed by atoms with Crippen LogP contribution >= 0.6 is 11.3 Å². The number of carbonyl (C=O) groups excluding carboxylic acids is 2. The van der Waals surface area contributed by atoms with Crippen molar-refractivity contribution < 1.29 is 14.3 Å². The summed E-state index contributed by atoms with van der Waals surface area (Å²) in [5.74, 6) is 0.261. The van der Waals surface area contributed by atoms with Gasteiger partial charge in [-0.1, -0.05) is 0 Å². The lowest BCUT2D eigenvalue weighted by atomic mass is 10.2. The zero-order chi connectivity index (χ0) is 16.2. The maximum atomic E-state index is 12.3. The number of ether oxygens (including phenoxy) is 1. The van der Waals surface area contributed by atoms with E-state index in [4.69, 9.17) is 4.74 Å². The lowest BCUT2D eigenvalue weighted by Crippen LogP contribution is -2.52. The van der Waals surface area contributed by atoms with Crippen molar-refractivity contribution in [2.24, 2.45) is 0 Å². The van der Waals surface area contributed by atoms with Gasteiger partial charge in [-0.05, 0) is 26.2 Å². The Kier molecular flexibility index (Phi) is 5.27. The molecule has 0 aliphatic carbocycles. The molecule has 126 valence electrons. The Hall–Kier alpha value is -1.47. The lowest BCUT2D eigenvalue weighted by molar-refractivity contribution is -0.146. The average molecular weight is 337 g/mol. The monoisotopic (exact) mass is 337 g/mol. The summed E-state index contributed by atoms with van der Waals surface area (Å²) in [6.07, 6.45) is 2.80. The molecule has 0 spiro atoms. The van der Waals surface area contributed by atoms with E-state index in [0.29, 0.717) is 39.2 Å². The third-order valence-corrected chi connectivity index (χ3v) is 5.55. The molecular weight excluding hydrogens is 314 g/mol. The molecule has 2 aliphatic rings. The number of piperazine rings is 1. The number of aryl methyl sites for hydroxylation is 2. The number of amides is 2. The molecule has 0 bridgehead atoms. The summed E-state index contributed by atoms with van der Waals surface area (Å²) in [6.45, 7) is 5.14. The predicted octanol–water partition coefficient (Wildman–Crippen LogP) is 1.23. The van der Waals surface area contributed by atoms with E-state index in [-0.39, 0.29) is 17.9 Å². The fourth-order valence-corrected chi connectivity index (χ4v) is 3.88. The third kappa shape index (κ3) is 3.90. The topological polar surface area (TPSA) is 62.7 Å². The first kappa shape index (κ1) is 16.4. The summed E-state index contributed by atoms with van der Waals surface area (Å²) in [7, 11) is 0. The van der Waals surface area contributed by atoms with Crippen molar-refractivity contribution in [1.82, 2.24) is 14.8 Å². The van der Waals surface area contributed by atoms with Gasteiger partial charge in [-0.25, -0.2) is 4.98 Å². The van der Waals surface area contributed by atoms with Crippen LogP contribution < -0.4 is 0 Å². The zero-order valence-electron chi connectivity index (χ0n) is 13.5. The average Bonchev–Trinajstić information content (AvgIpc) is 3.24. The van der Waals surface area contributed by atoms with Crippen molar-refractivity contribution in [3.63, 3.8) is 0 Å². The van der Waals surface area contributed by atoms with E-state index in [1.54, 1.807) is 11.3 Å². The van der Waals surface area contributed by atoms with Crippen LogP contribution in [0.1, 0.15) is 29.8 Å². The Morgan fingerprint density at radius 2 is 2.04 bits per heavy atom. The van der Waals surface area contributed by atoms with Crippen LogP contribution in [0, 0.1) is 6.92 Å². The number of aromatic nitrogens is 1. The highest BCUT2D eigenvalue weighted by Crippen LogP contribution is 2.17. The molecule has 23 heavy (non-hydrogen) atoms. The maximum Gasteiger partial charge on any atom is 0.251 e. The number of hydrogen-bond acceptors (Lipinski definition) is 5. The number of hydrogen-bond donors (Lipinski definition) is 0. The highest BCUT2D eigenvalue weighted by Gasteiger charge is 2.31. The number of nitrogens with zero attached hydrogens (tertiary/aromatic N) is 3. The first-order chi connectivity index (χ1) is 11.1. The molecule has 1 atom stereocenters. The fraction of sp³-hybridized carbons (Fsp3) is 0.688. The number of thiazole rings is 1. The largest absolute Gasteiger partial charge is 0.368 e. The first-order valence-corrected chi connectivity index (χ1v) is 9.10. The zero-order valence-corrected chi connectivity index (χ0v) is 14.3. The van der Waals surface area contributed by atoms with E-state index in [0.717, 1.165) is 25.0 Å². The summed E-state index contributed by atoms with van der Waals surface area (Å²) < 4.78 is 5.46. The molecule has 2 aliphatic heterocycles. The van der Waals surface area contributed by atoms with Crippen LogP contribution in [0.4, 0.5) is 0 Å². The molecule has 0 aromatic carbocycles. The van der Waals surface area contributed by atoms with Gasteiger partial charge in [-0.3, -0.25) is 9.59 Å². The van der Waals surface area contributed by atoms with E-state index in [2.05, 4.69) is 4.98 Å². The highest BCUT2D eigenvalue weighted by molar-refractivity contribution is 7.09. The van der Waals surface area contributed by atoms with Gasteiger partial charge in [0.05, 0.1) is 11.2 Å². The summed E-state index contributed by atoms with van der Waals surface area (Å²) in [5.41, 5.74) is 2.85. The van der Waals surface area contributed by atoms with Gasteiger partial charge in [0.25, 0.3) is 5.91 Å². The third-order valence-electron chi connectivity index (χ3n) is 4.56. The minimum absolute atomic E-state index is 0.0925. The quantitative estimate of drug-likeness (QED) is 0.829. The Bertz CT molecular complexity index is 561. The first-order valence-electron chi connectivity index (χ1n) is 8.22. The van der Waals surface area contributed by atoms with E-state index in [9.17, 15) is 9.59 Å². The lowest BCUT2D eigenvalue weighted by Gasteiger charge is -2.35. The van der Waals surface area contributed by atoms with Gasteiger partial charge in [0.1, 0.15) is 6.10 Å². The van der Waals surface area contributed by atoms with Gasteiger partial charge in [-0.2, -0.15) is 0 Å². The number of rotatable bonds is 4.